The average molecular weight is 407 g/mol. The molecule has 0 amide bonds. The van der Waals surface area contributed by atoms with Crippen LogP contribution < -0.4 is 4.74 Å². The Labute approximate surface area is 165 Å². The first kappa shape index (κ1) is 20.6. The molecule has 1 aromatic carbocycles. The van der Waals surface area contributed by atoms with Gasteiger partial charge in [0, 0.05) is 11.1 Å². The van der Waals surface area contributed by atoms with Crippen molar-refractivity contribution in [2.24, 2.45) is 0 Å². The lowest BCUT2D eigenvalue weighted by molar-refractivity contribution is -0.155. The number of carboxylic acids is 1. The van der Waals surface area contributed by atoms with Crippen molar-refractivity contribution in [1.82, 2.24) is 0 Å². The van der Waals surface area contributed by atoms with Gasteiger partial charge in [0.1, 0.15) is 5.75 Å². The lowest BCUT2D eigenvalue weighted by Gasteiger charge is -2.27. The molecule has 1 aromatic rings. The van der Waals surface area contributed by atoms with Crippen LogP contribution in [0.3, 0.4) is 0 Å². The molecule has 0 aliphatic carbocycles. The Bertz CT molecular complexity index is 992. The minimum Gasteiger partial charge on any atom is -0.493 e. The summed E-state index contributed by atoms with van der Waals surface area (Å²) >= 11 is 0. The number of aliphatic carboxylic acids is 1. The maximum absolute atomic E-state index is 12.9. The Hall–Kier alpha value is -2.12. The third kappa shape index (κ3) is 3.61. The molecule has 0 saturated carbocycles. The van der Waals surface area contributed by atoms with E-state index in [2.05, 4.69) is 0 Å². The van der Waals surface area contributed by atoms with E-state index in [0.717, 1.165) is 24.2 Å². The highest BCUT2D eigenvalue weighted by molar-refractivity contribution is 7.99. The van der Waals surface area contributed by atoms with E-state index in [1.54, 1.807) is 26.8 Å². The molecule has 1 N–H and O–H groups in total. The van der Waals surface area contributed by atoms with Gasteiger partial charge in [0.05, 0.1) is 22.0 Å². The van der Waals surface area contributed by atoms with Crippen molar-refractivity contribution >= 4 is 21.4 Å². The van der Waals surface area contributed by atoms with Gasteiger partial charge >= 0.3 is 5.97 Å². The Morgan fingerprint density at radius 2 is 1.89 bits per heavy atom. The molecular formula is C21H26O6S. The van der Waals surface area contributed by atoms with Gasteiger partial charge in [-0.25, -0.2) is 13.2 Å². The second-order valence-electron chi connectivity index (χ2n) is 8.13. The predicted octanol–water partition coefficient (Wildman–Crippen LogP) is 3.71. The van der Waals surface area contributed by atoms with E-state index in [1.165, 1.54) is 13.8 Å². The molecular weight excluding hydrogens is 380 g/mol. The number of rotatable bonds is 4. The summed E-state index contributed by atoms with van der Waals surface area (Å²) in [6, 6.07) is 5.51. The smallest absolute Gasteiger partial charge is 0.337 e. The molecule has 7 heteroatoms. The summed E-state index contributed by atoms with van der Waals surface area (Å²) in [6.45, 7) is 8.86. The lowest BCUT2D eigenvalue weighted by atomic mass is 9.91. The number of ether oxygens (including phenoxy) is 2. The number of sulfone groups is 1. The van der Waals surface area contributed by atoms with Crippen LogP contribution in [0.15, 0.2) is 33.6 Å². The van der Waals surface area contributed by atoms with Crippen molar-refractivity contribution in [3.8, 4) is 5.75 Å². The molecule has 1 atom stereocenters. The molecule has 2 heterocycles. The molecule has 0 fully saturated rings. The van der Waals surface area contributed by atoms with Crippen molar-refractivity contribution < 1.29 is 27.8 Å². The van der Waals surface area contributed by atoms with Crippen molar-refractivity contribution in [3.63, 3.8) is 0 Å². The zero-order valence-electron chi connectivity index (χ0n) is 16.8. The first-order chi connectivity index (χ1) is 12.9. The van der Waals surface area contributed by atoms with Crippen molar-refractivity contribution in [3.05, 3.63) is 44.7 Å². The Morgan fingerprint density at radius 3 is 2.50 bits per heavy atom. The summed E-state index contributed by atoms with van der Waals surface area (Å²) in [5.74, 6) is -0.426. The predicted molar refractivity (Wildman–Crippen MR) is 107 cm³/mol. The first-order valence-electron chi connectivity index (χ1n) is 9.27. The van der Waals surface area contributed by atoms with Gasteiger partial charge < -0.3 is 14.6 Å². The van der Waals surface area contributed by atoms with Gasteiger partial charge in [0.25, 0.3) is 0 Å². The Kier molecular flexibility index (Phi) is 5.18. The van der Waals surface area contributed by atoms with E-state index >= 15 is 0 Å². The molecule has 0 aromatic heterocycles. The fourth-order valence-electron chi connectivity index (χ4n) is 3.65. The Morgan fingerprint density at radius 1 is 1.21 bits per heavy atom. The molecule has 2 aliphatic heterocycles. The van der Waals surface area contributed by atoms with Crippen LogP contribution in [0.5, 0.6) is 5.75 Å². The minimum atomic E-state index is -3.72. The normalized spacial score (nSPS) is 20.0. The van der Waals surface area contributed by atoms with Gasteiger partial charge in [-0.3, -0.25) is 0 Å². The van der Waals surface area contributed by atoms with Gasteiger partial charge in [-0.15, -0.1) is 0 Å². The molecule has 2 aliphatic rings. The van der Waals surface area contributed by atoms with Gasteiger partial charge in [0.15, 0.2) is 15.9 Å². The maximum atomic E-state index is 12.9. The third-order valence-corrected chi connectivity index (χ3v) is 7.00. The zero-order chi connectivity index (χ0) is 20.9. The van der Waals surface area contributed by atoms with Crippen molar-refractivity contribution in [2.75, 3.05) is 6.61 Å². The lowest BCUT2D eigenvalue weighted by Crippen LogP contribution is -2.35. The summed E-state index contributed by atoms with van der Waals surface area (Å²) in [5.41, 5.74) is 1.53. The standard InChI is InChI=1S/C21H26O6S/c1-12-17(15-8-9-16-14(11-15)7-6-10-26-16)18(13(2)28(12,24)25)19(20(22)23)27-21(3,4)5/h8-9,11,19H,6-7,10H2,1-5H3,(H,22,23). The van der Waals surface area contributed by atoms with Gasteiger partial charge in [-0.05, 0) is 70.7 Å². The highest BCUT2D eigenvalue weighted by Gasteiger charge is 2.41. The van der Waals surface area contributed by atoms with Crippen LogP contribution in [0.2, 0.25) is 0 Å². The largest absolute Gasteiger partial charge is 0.493 e. The van der Waals surface area contributed by atoms with Crippen LogP contribution >= 0.6 is 0 Å². The van der Waals surface area contributed by atoms with E-state index in [-0.39, 0.29) is 15.4 Å². The van der Waals surface area contributed by atoms with Crippen LogP contribution in [0.4, 0.5) is 0 Å². The van der Waals surface area contributed by atoms with Gasteiger partial charge in [0.2, 0.25) is 0 Å². The molecule has 0 spiro atoms. The molecule has 1 unspecified atom stereocenters. The Balaban J connectivity index is 2.20. The summed E-state index contributed by atoms with van der Waals surface area (Å²) in [5, 5.41) is 9.83. The van der Waals surface area contributed by atoms with E-state index in [4.69, 9.17) is 9.47 Å². The topological polar surface area (TPSA) is 89.9 Å². The van der Waals surface area contributed by atoms with E-state index in [0.29, 0.717) is 17.7 Å². The third-order valence-electron chi connectivity index (χ3n) is 4.96. The monoisotopic (exact) mass is 406 g/mol. The number of fused-ring (bicyclic) bond motifs is 1. The molecule has 6 nitrogen and oxygen atoms in total. The molecule has 0 radical (unpaired) electrons. The quantitative estimate of drug-likeness (QED) is 0.820. The highest BCUT2D eigenvalue weighted by atomic mass is 32.2. The van der Waals surface area contributed by atoms with Crippen LogP contribution in [-0.2, 0) is 25.8 Å². The molecule has 0 saturated heterocycles. The number of carboxylic acid groups (broad SMARTS) is 1. The van der Waals surface area contributed by atoms with Crippen LogP contribution in [0.25, 0.3) is 5.57 Å². The van der Waals surface area contributed by atoms with E-state index in [9.17, 15) is 18.3 Å². The van der Waals surface area contributed by atoms with Crippen LogP contribution in [0, 0.1) is 0 Å². The average Bonchev–Trinajstić information content (AvgIpc) is 2.78. The zero-order valence-corrected chi connectivity index (χ0v) is 17.6. The number of aryl methyl sites for hydroxylation is 1. The number of hydrogen-bond acceptors (Lipinski definition) is 5. The van der Waals surface area contributed by atoms with Crippen molar-refractivity contribution in [2.45, 2.75) is 59.2 Å². The molecule has 3 rings (SSSR count). The van der Waals surface area contributed by atoms with Gasteiger partial charge in [-0.2, -0.15) is 0 Å². The SMILES string of the molecule is CC1=C(c2ccc3c(c2)CCCO3)C(C(OC(C)(C)C)C(=O)O)=C(C)S1(=O)=O. The maximum Gasteiger partial charge on any atom is 0.337 e. The van der Waals surface area contributed by atoms with E-state index in [1.807, 2.05) is 12.1 Å². The fraction of sp³-hybridized carbons (Fsp3) is 0.476. The second-order valence-corrected chi connectivity index (χ2v) is 10.4. The highest BCUT2D eigenvalue weighted by Crippen LogP contribution is 2.45. The number of carbonyl (C=O) groups is 1. The van der Waals surface area contributed by atoms with Crippen LogP contribution in [0.1, 0.15) is 52.2 Å². The molecule has 28 heavy (non-hydrogen) atoms. The number of hydrogen-bond donors (Lipinski definition) is 1. The second kappa shape index (κ2) is 7.04. The summed E-state index contributed by atoms with van der Waals surface area (Å²) in [7, 11) is -3.72. The fourth-order valence-corrected chi connectivity index (χ4v) is 5.11. The van der Waals surface area contributed by atoms with Gasteiger partial charge in [-0.1, -0.05) is 6.07 Å². The summed E-state index contributed by atoms with van der Waals surface area (Å²) in [6.07, 6.45) is 0.343. The summed E-state index contributed by atoms with van der Waals surface area (Å²) < 4.78 is 37.2. The van der Waals surface area contributed by atoms with E-state index < -0.39 is 27.5 Å². The van der Waals surface area contributed by atoms with Crippen LogP contribution in [-0.4, -0.2) is 37.8 Å². The minimum absolute atomic E-state index is 0.0330. The molecule has 152 valence electrons. The number of allylic oxidation sites excluding steroid dienone is 2. The first-order valence-corrected chi connectivity index (χ1v) is 10.8. The van der Waals surface area contributed by atoms with Crippen molar-refractivity contribution in [1.29, 1.82) is 0 Å². The number of benzene rings is 1. The molecule has 0 bridgehead atoms. The summed E-state index contributed by atoms with van der Waals surface area (Å²) in [4.78, 5) is 12.2.